The van der Waals surface area contributed by atoms with Crippen LogP contribution < -0.4 is 5.32 Å². The van der Waals surface area contributed by atoms with E-state index in [-0.39, 0.29) is 23.4 Å². The Morgan fingerprint density at radius 1 is 1.21 bits per heavy atom. The minimum atomic E-state index is -4.56. The molecule has 1 saturated carbocycles. The number of hydrogen-bond acceptors (Lipinski definition) is 2. The van der Waals surface area contributed by atoms with Gasteiger partial charge in [-0.1, -0.05) is 12.1 Å². The molecule has 3 atom stereocenters. The molecule has 1 aliphatic heterocycles. The van der Waals surface area contributed by atoms with Crippen LogP contribution in [-0.4, -0.2) is 36.3 Å². The van der Waals surface area contributed by atoms with Crippen LogP contribution in [0.15, 0.2) is 24.3 Å². The third kappa shape index (κ3) is 3.12. The van der Waals surface area contributed by atoms with E-state index in [0.717, 1.165) is 6.07 Å². The molecular weight excluding hydrogens is 321 g/mol. The lowest BCUT2D eigenvalue weighted by atomic mass is 9.89. The zero-order valence-corrected chi connectivity index (χ0v) is 13.3. The molecule has 0 aromatic heterocycles. The highest BCUT2D eigenvalue weighted by atomic mass is 19.4. The second-order valence-corrected chi connectivity index (χ2v) is 6.61. The maximum absolute atomic E-state index is 13.1. The molecule has 130 valence electrons. The van der Waals surface area contributed by atoms with E-state index < -0.39 is 17.6 Å². The molecule has 1 N–H and O–H groups in total. The first-order chi connectivity index (χ1) is 11.3. The van der Waals surface area contributed by atoms with Crippen LogP contribution in [0.2, 0.25) is 0 Å². The van der Waals surface area contributed by atoms with Crippen molar-refractivity contribution in [3.63, 3.8) is 0 Å². The van der Waals surface area contributed by atoms with Crippen LogP contribution in [0, 0.1) is 11.8 Å². The fourth-order valence-electron chi connectivity index (χ4n) is 3.82. The van der Waals surface area contributed by atoms with Gasteiger partial charge in [0.05, 0.1) is 11.1 Å². The third-order valence-corrected chi connectivity index (χ3v) is 5.16. The first-order valence-corrected chi connectivity index (χ1v) is 7.97. The standard InChI is InChI=1S/C17H19F3N2O2/c1-22(12-6-10-8-15(23)21-9-11(10)7-12)16(24)13-4-2-3-5-14(13)17(18,19)20/h2-5,10-12H,6-9H2,1H3,(H,21,23)/t10-,11+,12-/m1/s1. The summed E-state index contributed by atoms with van der Waals surface area (Å²) in [5.41, 5.74) is -1.23. The lowest BCUT2D eigenvalue weighted by Crippen LogP contribution is -2.38. The van der Waals surface area contributed by atoms with Crippen LogP contribution in [-0.2, 0) is 11.0 Å². The summed E-state index contributed by atoms with van der Waals surface area (Å²) in [5.74, 6) is -0.114. The summed E-state index contributed by atoms with van der Waals surface area (Å²) in [4.78, 5) is 25.5. The topological polar surface area (TPSA) is 49.4 Å². The number of amides is 2. The SMILES string of the molecule is CN(C(=O)c1ccccc1C(F)(F)F)[C@H]1C[C@H]2CNC(=O)C[C@H]2C1. The Kier molecular flexibility index (Phi) is 4.27. The van der Waals surface area contributed by atoms with Crippen LogP contribution in [0.25, 0.3) is 0 Å². The van der Waals surface area contributed by atoms with Crippen LogP contribution in [0.5, 0.6) is 0 Å². The molecule has 3 rings (SSSR count). The summed E-state index contributed by atoms with van der Waals surface area (Å²) in [6.45, 7) is 0.584. The molecule has 1 saturated heterocycles. The first kappa shape index (κ1) is 16.8. The van der Waals surface area contributed by atoms with Gasteiger partial charge in [0.1, 0.15) is 0 Å². The molecule has 0 unspecified atom stereocenters. The van der Waals surface area contributed by atoms with Gasteiger partial charge in [0, 0.05) is 26.1 Å². The van der Waals surface area contributed by atoms with Gasteiger partial charge in [-0.15, -0.1) is 0 Å². The van der Waals surface area contributed by atoms with Gasteiger partial charge in [-0.25, -0.2) is 0 Å². The van der Waals surface area contributed by atoms with Crippen molar-refractivity contribution in [3.8, 4) is 0 Å². The number of carbonyl (C=O) groups excluding carboxylic acids is 2. The Hall–Kier alpha value is -2.05. The minimum Gasteiger partial charge on any atom is -0.356 e. The molecule has 1 aromatic carbocycles. The number of fused-ring (bicyclic) bond motifs is 1. The summed E-state index contributed by atoms with van der Waals surface area (Å²) in [5, 5.41) is 2.81. The summed E-state index contributed by atoms with van der Waals surface area (Å²) in [7, 11) is 1.55. The van der Waals surface area contributed by atoms with Crippen LogP contribution in [0.3, 0.4) is 0 Å². The molecule has 0 spiro atoms. The van der Waals surface area contributed by atoms with Gasteiger partial charge in [-0.05, 0) is 36.8 Å². The molecule has 1 aromatic rings. The molecular formula is C17H19F3N2O2. The zero-order chi connectivity index (χ0) is 17.5. The average Bonchev–Trinajstić information content (AvgIpc) is 2.95. The van der Waals surface area contributed by atoms with Gasteiger partial charge < -0.3 is 10.2 Å². The predicted octanol–water partition coefficient (Wildman–Crippen LogP) is 2.69. The van der Waals surface area contributed by atoms with E-state index in [1.54, 1.807) is 7.05 Å². The lowest BCUT2D eigenvalue weighted by Gasteiger charge is -2.26. The highest BCUT2D eigenvalue weighted by Gasteiger charge is 2.42. The highest BCUT2D eigenvalue weighted by molar-refractivity contribution is 5.96. The Balaban J connectivity index is 1.78. The molecule has 2 amide bonds. The number of hydrogen-bond donors (Lipinski definition) is 1. The van der Waals surface area contributed by atoms with Crippen LogP contribution in [0.1, 0.15) is 35.2 Å². The Morgan fingerprint density at radius 3 is 2.58 bits per heavy atom. The average molecular weight is 340 g/mol. The summed E-state index contributed by atoms with van der Waals surface area (Å²) in [6, 6.07) is 4.72. The van der Waals surface area contributed by atoms with E-state index in [0.29, 0.717) is 31.7 Å². The number of alkyl halides is 3. The van der Waals surface area contributed by atoms with E-state index in [1.807, 2.05) is 0 Å². The monoisotopic (exact) mass is 340 g/mol. The molecule has 24 heavy (non-hydrogen) atoms. The Labute approximate surface area is 138 Å². The van der Waals surface area contributed by atoms with Crippen LogP contribution in [0.4, 0.5) is 13.2 Å². The third-order valence-electron chi connectivity index (χ3n) is 5.16. The fourth-order valence-corrected chi connectivity index (χ4v) is 3.82. The van der Waals surface area contributed by atoms with Gasteiger partial charge >= 0.3 is 6.18 Å². The van der Waals surface area contributed by atoms with Crippen molar-refractivity contribution in [3.05, 3.63) is 35.4 Å². The van der Waals surface area contributed by atoms with Gasteiger partial charge in [0.15, 0.2) is 0 Å². The molecule has 7 heteroatoms. The quantitative estimate of drug-likeness (QED) is 0.900. The molecule has 0 radical (unpaired) electrons. The number of benzene rings is 1. The van der Waals surface area contributed by atoms with Crippen molar-refractivity contribution < 1.29 is 22.8 Å². The van der Waals surface area contributed by atoms with E-state index in [1.165, 1.54) is 23.1 Å². The Bertz CT molecular complexity index is 659. The minimum absolute atomic E-state index is 0.00768. The number of nitrogens with zero attached hydrogens (tertiary/aromatic N) is 1. The van der Waals surface area contributed by atoms with E-state index in [2.05, 4.69) is 5.32 Å². The second-order valence-electron chi connectivity index (χ2n) is 6.61. The Morgan fingerprint density at radius 2 is 1.88 bits per heavy atom. The lowest BCUT2D eigenvalue weighted by molar-refractivity contribution is -0.138. The zero-order valence-electron chi connectivity index (χ0n) is 13.3. The normalized spacial score (nSPS) is 26.7. The molecule has 2 aliphatic rings. The highest BCUT2D eigenvalue weighted by Crippen LogP contribution is 2.39. The summed E-state index contributed by atoms with van der Waals surface area (Å²) in [6.07, 6.45) is -2.76. The maximum Gasteiger partial charge on any atom is 0.417 e. The smallest absolute Gasteiger partial charge is 0.356 e. The number of rotatable bonds is 2. The van der Waals surface area contributed by atoms with Gasteiger partial charge in [-0.3, -0.25) is 9.59 Å². The molecule has 1 heterocycles. The van der Waals surface area contributed by atoms with E-state index in [9.17, 15) is 22.8 Å². The molecule has 2 fully saturated rings. The number of nitrogens with one attached hydrogen (secondary N) is 1. The van der Waals surface area contributed by atoms with Gasteiger partial charge in [0.25, 0.3) is 5.91 Å². The van der Waals surface area contributed by atoms with E-state index in [4.69, 9.17) is 0 Å². The maximum atomic E-state index is 13.1. The van der Waals surface area contributed by atoms with Crippen molar-refractivity contribution in [1.82, 2.24) is 10.2 Å². The second kappa shape index (κ2) is 6.11. The number of carbonyl (C=O) groups is 2. The van der Waals surface area contributed by atoms with Gasteiger partial charge in [0.2, 0.25) is 5.91 Å². The number of halogens is 3. The fraction of sp³-hybridized carbons (Fsp3) is 0.529. The molecule has 0 bridgehead atoms. The predicted molar refractivity (Wildman–Crippen MR) is 81.2 cm³/mol. The number of piperidine rings is 1. The molecule has 1 aliphatic carbocycles. The van der Waals surface area contributed by atoms with Crippen molar-refractivity contribution >= 4 is 11.8 Å². The largest absolute Gasteiger partial charge is 0.417 e. The van der Waals surface area contributed by atoms with Crippen LogP contribution >= 0.6 is 0 Å². The van der Waals surface area contributed by atoms with Crippen molar-refractivity contribution in [2.75, 3.05) is 13.6 Å². The molecule has 4 nitrogen and oxygen atoms in total. The van der Waals surface area contributed by atoms with Crippen molar-refractivity contribution in [1.29, 1.82) is 0 Å². The van der Waals surface area contributed by atoms with Gasteiger partial charge in [-0.2, -0.15) is 13.2 Å². The van der Waals surface area contributed by atoms with Crippen molar-refractivity contribution in [2.45, 2.75) is 31.5 Å². The summed E-state index contributed by atoms with van der Waals surface area (Å²) >= 11 is 0. The van der Waals surface area contributed by atoms with E-state index >= 15 is 0 Å². The van der Waals surface area contributed by atoms with Crippen molar-refractivity contribution in [2.24, 2.45) is 11.8 Å². The summed E-state index contributed by atoms with van der Waals surface area (Å²) < 4.78 is 39.4. The first-order valence-electron chi connectivity index (χ1n) is 7.97.